The first-order valence-electron chi connectivity index (χ1n) is 4.26. The Hall–Kier alpha value is -0.0400. The average Bonchev–Trinajstić information content (AvgIpc) is 1.82. The molecule has 10 heavy (non-hydrogen) atoms. The minimum Gasteiger partial charge on any atom is -0.375 e. The smallest absolute Gasteiger partial charge is 0.0578 e. The quantitative estimate of drug-likeness (QED) is 0.505. The second-order valence-corrected chi connectivity index (χ2v) is 3.72. The summed E-state index contributed by atoms with van der Waals surface area (Å²) in [6, 6.07) is 0. The number of ether oxygens (including phenoxy) is 1. The van der Waals surface area contributed by atoms with E-state index in [4.69, 9.17) is 4.74 Å². The van der Waals surface area contributed by atoms with Crippen LogP contribution in [0.5, 0.6) is 0 Å². The molecule has 1 saturated heterocycles. The van der Waals surface area contributed by atoms with Crippen molar-refractivity contribution in [3.63, 3.8) is 0 Å². The second-order valence-electron chi connectivity index (χ2n) is 3.72. The molecule has 4 atom stereocenters. The molecule has 1 heteroatoms. The van der Waals surface area contributed by atoms with Crippen LogP contribution in [0.25, 0.3) is 0 Å². The molecular weight excluding hydrogens is 124 g/mol. The molecule has 1 nitrogen and oxygen atoms in total. The number of hydrogen-bond acceptors (Lipinski definition) is 1. The zero-order valence-corrected chi connectivity index (χ0v) is 7.42. The van der Waals surface area contributed by atoms with Crippen molar-refractivity contribution in [2.24, 2.45) is 11.8 Å². The third-order valence-electron chi connectivity index (χ3n) is 2.79. The Kier molecular flexibility index (Phi) is 2.35. The molecule has 1 heterocycles. The van der Waals surface area contributed by atoms with Crippen LogP contribution in [0.15, 0.2) is 0 Å². The predicted molar refractivity (Wildman–Crippen MR) is 43.0 cm³/mol. The fraction of sp³-hybridized carbons (Fsp3) is 1.00. The first-order valence-corrected chi connectivity index (χ1v) is 4.26. The van der Waals surface area contributed by atoms with E-state index in [0.717, 1.165) is 11.8 Å². The Morgan fingerprint density at radius 3 is 2.20 bits per heavy atom. The summed E-state index contributed by atoms with van der Waals surface area (Å²) in [5, 5.41) is 0. The molecule has 0 aromatic carbocycles. The fourth-order valence-corrected chi connectivity index (χ4v) is 1.75. The van der Waals surface area contributed by atoms with Crippen molar-refractivity contribution in [2.45, 2.75) is 46.3 Å². The van der Waals surface area contributed by atoms with Gasteiger partial charge in [-0.1, -0.05) is 13.8 Å². The van der Waals surface area contributed by atoms with Crippen molar-refractivity contribution < 1.29 is 4.74 Å². The summed E-state index contributed by atoms with van der Waals surface area (Å²) in [5.74, 6) is 1.56. The summed E-state index contributed by atoms with van der Waals surface area (Å²) in [6.45, 7) is 8.94. The van der Waals surface area contributed by atoms with E-state index in [1.54, 1.807) is 0 Å². The highest BCUT2D eigenvalue weighted by Gasteiger charge is 2.27. The molecule has 1 rings (SSSR count). The molecule has 0 aromatic rings. The second kappa shape index (κ2) is 2.91. The minimum absolute atomic E-state index is 0.457. The van der Waals surface area contributed by atoms with Crippen LogP contribution in [-0.2, 0) is 4.74 Å². The van der Waals surface area contributed by atoms with Crippen LogP contribution in [0.2, 0.25) is 0 Å². The van der Waals surface area contributed by atoms with Gasteiger partial charge in [0.2, 0.25) is 0 Å². The largest absolute Gasteiger partial charge is 0.375 e. The highest BCUT2D eigenvalue weighted by atomic mass is 16.5. The van der Waals surface area contributed by atoms with E-state index in [0.29, 0.717) is 12.2 Å². The molecule has 1 aliphatic heterocycles. The minimum atomic E-state index is 0.457. The van der Waals surface area contributed by atoms with E-state index < -0.39 is 0 Å². The van der Waals surface area contributed by atoms with Crippen LogP contribution in [0.4, 0.5) is 0 Å². The van der Waals surface area contributed by atoms with Crippen LogP contribution in [0.1, 0.15) is 34.1 Å². The highest BCUT2D eigenvalue weighted by molar-refractivity contribution is 4.76. The Morgan fingerprint density at radius 1 is 1.10 bits per heavy atom. The van der Waals surface area contributed by atoms with Crippen LogP contribution in [0, 0.1) is 11.8 Å². The van der Waals surface area contributed by atoms with Gasteiger partial charge in [-0.2, -0.15) is 0 Å². The Morgan fingerprint density at radius 2 is 1.70 bits per heavy atom. The topological polar surface area (TPSA) is 9.23 Å². The Bertz CT molecular complexity index is 99.3. The molecule has 0 saturated carbocycles. The van der Waals surface area contributed by atoms with Gasteiger partial charge in [-0.05, 0) is 32.1 Å². The molecule has 0 spiro atoms. The fourth-order valence-electron chi connectivity index (χ4n) is 1.75. The summed E-state index contributed by atoms with van der Waals surface area (Å²) in [5.41, 5.74) is 0. The molecule has 0 aliphatic carbocycles. The molecule has 0 bridgehead atoms. The van der Waals surface area contributed by atoms with Crippen molar-refractivity contribution in [3.8, 4) is 0 Å². The molecule has 1 aliphatic rings. The lowest BCUT2D eigenvalue weighted by molar-refractivity contribution is -0.0828. The summed E-state index contributed by atoms with van der Waals surface area (Å²) in [4.78, 5) is 0. The molecule has 0 N–H and O–H groups in total. The van der Waals surface area contributed by atoms with E-state index in [1.165, 1.54) is 6.42 Å². The van der Waals surface area contributed by atoms with Gasteiger partial charge < -0.3 is 4.74 Å². The lowest BCUT2D eigenvalue weighted by atomic mass is 9.85. The highest BCUT2D eigenvalue weighted by Crippen LogP contribution is 2.29. The predicted octanol–water partition coefficient (Wildman–Crippen LogP) is 2.46. The molecule has 0 aromatic heterocycles. The van der Waals surface area contributed by atoms with E-state index in [9.17, 15) is 0 Å². The maximum absolute atomic E-state index is 5.67. The Balaban J connectivity index is 2.49. The van der Waals surface area contributed by atoms with E-state index in [1.807, 2.05) is 0 Å². The number of hydrogen-bond donors (Lipinski definition) is 0. The SMILES string of the molecule is CC1C[C@@H](C)OC(C)[C@H]1C. The lowest BCUT2D eigenvalue weighted by Gasteiger charge is -2.35. The monoisotopic (exact) mass is 142 g/mol. The van der Waals surface area contributed by atoms with E-state index in [-0.39, 0.29) is 0 Å². The van der Waals surface area contributed by atoms with Crippen molar-refractivity contribution in [3.05, 3.63) is 0 Å². The van der Waals surface area contributed by atoms with Gasteiger partial charge in [0.1, 0.15) is 0 Å². The molecule has 0 radical (unpaired) electrons. The van der Waals surface area contributed by atoms with Gasteiger partial charge in [0.15, 0.2) is 0 Å². The summed E-state index contributed by atoms with van der Waals surface area (Å²) < 4.78 is 5.67. The normalized spacial score (nSPS) is 49.2. The van der Waals surface area contributed by atoms with Gasteiger partial charge in [0.05, 0.1) is 12.2 Å². The third-order valence-corrected chi connectivity index (χ3v) is 2.79. The number of rotatable bonds is 0. The maximum Gasteiger partial charge on any atom is 0.0578 e. The molecule has 1 fully saturated rings. The average molecular weight is 142 g/mol. The summed E-state index contributed by atoms with van der Waals surface area (Å²) in [6.07, 6.45) is 2.16. The maximum atomic E-state index is 5.67. The van der Waals surface area contributed by atoms with Gasteiger partial charge >= 0.3 is 0 Å². The van der Waals surface area contributed by atoms with Gasteiger partial charge in [0.25, 0.3) is 0 Å². The summed E-state index contributed by atoms with van der Waals surface area (Å²) in [7, 11) is 0. The van der Waals surface area contributed by atoms with Crippen molar-refractivity contribution >= 4 is 0 Å². The van der Waals surface area contributed by atoms with Crippen LogP contribution in [-0.4, -0.2) is 12.2 Å². The third kappa shape index (κ3) is 1.51. The molecule has 60 valence electrons. The summed E-state index contributed by atoms with van der Waals surface area (Å²) >= 11 is 0. The van der Waals surface area contributed by atoms with Gasteiger partial charge in [-0.15, -0.1) is 0 Å². The van der Waals surface area contributed by atoms with Crippen LogP contribution < -0.4 is 0 Å². The zero-order chi connectivity index (χ0) is 7.72. The lowest BCUT2D eigenvalue weighted by Crippen LogP contribution is -2.35. The molecule has 0 amide bonds. The Labute approximate surface area is 63.8 Å². The van der Waals surface area contributed by atoms with Gasteiger partial charge in [-0.25, -0.2) is 0 Å². The van der Waals surface area contributed by atoms with Gasteiger partial charge in [0, 0.05) is 0 Å². The molecular formula is C9H18O. The van der Waals surface area contributed by atoms with Crippen molar-refractivity contribution in [2.75, 3.05) is 0 Å². The molecule has 2 unspecified atom stereocenters. The van der Waals surface area contributed by atoms with Crippen molar-refractivity contribution in [1.29, 1.82) is 0 Å². The zero-order valence-electron chi connectivity index (χ0n) is 7.42. The van der Waals surface area contributed by atoms with Crippen molar-refractivity contribution in [1.82, 2.24) is 0 Å². The van der Waals surface area contributed by atoms with E-state index in [2.05, 4.69) is 27.7 Å². The first-order chi connectivity index (χ1) is 4.61. The first kappa shape index (κ1) is 8.06. The standard InChI is InChI=1S/C9H18O/c1-6-5-7(2)10-9(4)8(6)3/h6-9H,5H2,1-4H3/t6?,7-,8+,9?/m1/s1. The van der Waals surface area contributed by atoms with Gasteiger partial charge in [-0.3, -0.25) is 0 Å². The van der Waals surface area contributed by atoms with Crippen LogP contribution in [0.3, 0.4) is 0 Å². The van der Waals surface area contributed by atoms with E-state index >= 15 is 0 Å². The van der Waals surface area contributed by atoms with Crippen LogP contribution >= 0.6 is 0 Å².